The van der Waals surface area contributed by atoms with E-state index in [9.17, 15) is 71.7 Å². The second-order valence-corrected chi connectivity index (χ2v) is 19.6. The molecule has 8 N–H and O–H groups in total. The fourth-order valence-corrected chi connectivity index (χ4v) is 9.36. The zero-order valence-corrected chi connectivity index (χ0v) is 37.0. The number of benzene rings is 6. The molecular formula is C38H30N8O17S4. The summed E-state index contributed by atoms with van der Waals surface area (Å²) in [5.74, 6) is -3.34. The van der Waals surface area contributed by atoms with Crippen LogP contribution in [0.15, 0.2) is 136 Å². The molecule has 1 amide bonds. The first-order chi connectivity index (χ1) is 31.3. The number of methoxy groups -OCH3 is 1. The van der Waals surface area contributed by atoms with Crippen molar-refractivity contribution >= 4 is 114 Å². The molecule has 0 spiro atoms. The topological polar surface area (TPSA) is 390 Å². The number of amides is 1. The Morgan fingerprint density at radius 1 is 0.716 bits per heavy atom. The number of azo groups is 2. The van der Waals surface area contributed by atoms with E-state index < -0.39 is 101 Å². The molecule has 1 heterocycles. The van der Waals surface area contributed by atoms with E-state index in [0.29, 0.717) is 10.6 Å². The lowest BCUT2D eigenvalue weighted by atomic mass is 10.1. The Morgan fingerprint density at radius 2 is 1.37 bits per heavy atom. The van der Waals surface area contributed by atoms with Gasteiger partial charge in [-0.15, -0.1) is 5.11 Å². The molecule has 1 unspecified atom stereocenters. The highest BCUT2D eigenvalue weighted by Crippen LogP contribution is 2.42. The van der Waals surface area contributed by atoms with E-state index >= 15 is 0 Å². The maximum atomic E-state index is 13.2. The third-order valence-corrected chi connectivity index (χ3v) is 13.3. The molecule has 1 aliphatic rings. The van der Waals surface area contributed by atoms with Crippen LogP contribution in [0, 0.1) is 6.92 Å². The number of phenolic OH excluding ortho intramolecular Hbond substituents is 1. The molecule has 6 aromatic carbocycles. The van der Waals surface area contributed by atoms with E-state index in [0.717, 1.165) is 54.6 Å². The molecule has 1 atom stereocenters. The molecule has 7 rings (SSSR count). The number of aromatic hydroxyl groups is 1. The molecule has 0 aromatic heterocycles. The zero-order valence-electron chi connectivity index (χ0n) is 33.7. The summed E-state index contributed by atoms with van der Waals surface area (Å²) >= 11 is 0. The van der Waals surface area contributed by atoms with Gasteiger partial charge in [0.2, 0.25) is 6.04 Å². The molecule has 29 heteroatoms. The van der Waals surface area contributed by atoms with E-state index in [4.69, 9.17) is 4.74 Å². The van der Waals surface area contributed by atoms with Crippen LogP contribution in [-0.2, 0) is 50.1 Å². The Morgan fingerprint density at radius 3 is 1.99 bits per heavy atom. The SMILES string of the molecule is COc1cc(/N=N/c2ccc3c(S(=O)(=O)O)cccc3c2S(=O)(=O)O)c(C)cc1NNc1c(S(=O)(=O)O)cc2cc(/N=N/C3C(=O)N(c4ccc(S(=O)(=O)O)cc4)N=C3C(=O)O)ccc2c1O. The number of hydrazone groups is 1. The Balaban J connectivity index is 1.16. The summed E-state index contributed by atoms with van der Waals surface area (Å²) in [6.07, 6.45) is 0. The Kier molecular flexibility index (Phi) is 12.3. The van der Waals surface area contributed by atoms with Crippen molar-refractivity contribution in [1.82, 2.24) is 0 Å². The Bertz CT molecular complexity index is 3660. The van der Waals surface area contributed by atoms with Gasteiger partial charge in [0.05, 0.1) is 34.8 Å². The number of aryl methyl sites for hydroxylation is 1. The van der Waals surface area contributed by atoms with E-state index in [1.165, 1.54) is 50.4 Å². The zero-order chi connectivity index (χ0) is 49.0. The molecule has 348 valence electrons. The third kappa shape index (κ3) is 9.59. The number of hydrogen-bond acceptors (Lipinski definition) is 19. The van der Waals surface area contributed by atoms with E-state index in [1.807, 2.05) is 0 Å². The maximum Gasteiger partial charge on any atom is 0.355 e. The van der Waals surface area contributed by atoms with Gasteiger partial charge in [0, 0.05) is 22.2 Å². The minimum atomic E-state index is -5.12. The summed E-state index contributed by atoms with van der Waals surface area (Å²) in [6.45, 7) is 1.54. The van der Waals surface area contributed by atoms with Gasteiger partial charge in [-0.2, -0.15) is 59.1 Å². The number of aliphatic carboxylic acids is 1. The number of carboxylic acids is 1. The molecule has 0 saturated heterocycles. The lowest BCUT2D eigenvalue weighted by molar-refractivity contribution is -0.130. The van der Waals surface area contributed by atoms with E-state index in [-0.39, 0.29) is 50.0 Å². The molecule has 6 aromatic rings. The first-order valence-corrected chi connectivity index (χ1v) is 24.1. The van der Waals surface area contributed by atoms with Crippen LogP contribution in [0.4, 0.5) is 34.1 Å². The summed E-state index contributed by atoms with van der Waals surface area (Å²) in [4.78, 5) is 22.4. The fraction of sp³-hybridized carbons (Fsp3) is 0.0789. The number of ether oxygens (including phenoxy) is 1. The number of hydrazine groups is 1. The van der Waals surface area contributed by atoms with Gasteiger partial charge in [0.25, 0.3) is 46.4 Å². The molecule has 67 heavy (non-hydrogen) atoms. The molecule has 0 radical (unpaired) electrons. The lowest BCUT2D eigenvalue weighted by Gasteiger charge is -2.18. The highest BCUT2D eigenvalue weighted by atomic mass is 32.2. The predicted octanol–water partition coefficient (Wildman–Crippen LogP) is 5.80. The van der Waals surface area contributed by atoms with Crippen LogP contribution in [0.2, 0.25) is 0 Å². The van der Waals surface area contributed by atoms with Crippen LogP contribution >= 0.6 is 0 Å². The van der Waals surface area contributed by atoms with Crippen LogP contribution in [-0.4, -0.2) is 92.8 Å². The second kappa shape index (κ2) is 17.4. The molecule has 0 saturated carbocycles. The number of carboxylic acid groups (broad SMARTS) is 1. The minimum Gasteiger partial charge on any atom is -0.505 e. The number of anilines is 3. The van der Waals surface area contributed by atoms with Crippen LogP contribution in [0.3, 0.4) is 0 Å². The van der Waals surface area contributed by atoms with Crippen molar-refractivity contribution in [3.8, 4) is 11.5 Å². The molecular weight excluding hydrogens is 969 g/mol. The minimum absolute atomic E-state index is 0.00837. The van der Waals surface area contributed by atoms with Gasteiger partial charge in [0.1, 0.15) is 37.6 Å². The highest BCUT2D eigenvalue weighted by Gasteiger charge is 2.41. The van der Waals surface area contributed by atoms with Crippen LogP contribution in [0.1, 0.15) is 5.56 Å². The fourth-order valence-electron chi connectivity index (χ4n) is 6.67. The molecule has 0 fully saturated rings. The van der Waals surface area contributed by atoms with Gasteiger partial charge >= 0.3 is 5.97 Å². The Hall–Kier alpha value is -7.51. The summed E-state index contributed by atoms with van der Waals surface area (Å²) in [5, 5.41) is 40.7. The van der Waals surface area contributed by atoms with Crippen molar-refractivity contribution in [1.29, 1.82) is 0 Å². The maximum absolute atomic E-state index is 13.2. The van der Waals surface area contributed by atoms with Crippen molar-refractivity contribution in [2.45, 2.75) is 32.5 Å². The van der Waals surface area contributed by atoms with Gasteiger partial charge in [-0.1, -0.05) is 18.2 Å². The average Bonchev–Trinajstić information content (AvgIpc) is 3.58. The molecule has 1 aliphatic heterocycles. The first-order valence-electron chi connectivity index (χ1n) is 18.3. The van der Waals surface area contributed by atoms with Crippen LogP contribution in [0.5, 0.6) is 11.5 Å². The number of phenols is 1. The quantitative estimate of drug-likeness (QED) is 0.0277. The van der Waals surface area contributed by atoms with Crippen molar-refractivity contribution in [2.24, 2.45) is 25.6 Å². The van der Waals surface area contributed by atoms with Crippen LogP contribution in [0.25, 0.3) is 21.5 Å². The number of carbonyl (C=O) groups excluding carboxylic acids is 1. The standard InChI is InChI=1S/C38H30N8O17S4/c1-18-14-28(29(63-2)17-27(18)41-40-26-13-12-24-25(36(26)67(60,61)62)4-3-5-30(24)65(54,55)56)42-43-32-31(66(57,58)59)16-19-15-20(6-11-23(19)35(32)47)39-44-33-34(38(49)50)45-46(37(33)48)21-7-9-22(10-8-21)64(51,52)53/h3-17,33,42-43,47H,1-2H3,(H,49,50)(H,51,52,53)(H,54,55,56)(H,57,58,59)(H,60,61,62)/b41-40+,44-39+. The summed E-state index contributed by atoms with van der Waals surface area (Å²) in [6, 6.07) is 15.3. The van der Waals surface area contributed by atoms with E-state index in [1.54, 1.807) is 0 Å². The molecule has 25 nitrogen and oxygen atoms in total. The number of fused-ring (bicyclic) bond motifs is 2. The van der Waals surface area contributed by atoms with Gasteiger partial charge in [-0.3, -0.25) is 33.9 Å². The van der Waals surface area contributed by atoms with Crippen molar-refractivity contribution in [3.05, 3.63) is 96.6 Å². The number of hydrogen-bond donors (Lipinski definition) is 8. The van der Waals surface area contributed by atoms with Gasteiger partial charge in [-0.05, 0) is 84.6 Å². The monoisotopic (exact) mass is 998 g/mol. The number of nitrogens with zero attached hydrogens (tertiary/aromatic N) is 6. The van der Waals surface area contributed by atoms with Gasteiger partial charge in [0.15, 0.2) is 5.71 Å². The Labute approximate surface area is 377 Å². The number of rotatable bonds is 14. The number of carbonyl (C=O) groups is 2. The van der Waals surface area contributed by atoms with Crippen molar-refractivity contribution in [2.75, 3.05) is 23.0 Å². The molecule has 0 aliphatic carbocycles. The lowest BCUT2D eigenvalue weighted by Crippen LogP contribution is -2.33. The van der Waals surface area contributed by atoms with Crippen molar-refractivity contribution < 1.29 is 76.4 Å². The van der Waals surface area contributed by atoms with E-state index in [2.05, 4.69) is 36.4 Å². The summed E-state index contributed by atoms with van der Waals surface area (Å²) in [7, 11) is -18.3. The van der Waals surface area contributed by atoms with Gasteiger partial charge < -0.3 is 14.9 Å². The average molecular weight is 999 g/mol. The van der Waals surface area contributed by atoms with Crippen molar-refractivity contribution in [3.63, 3.8) is 0 Å². The predicted molar refractivity (Wildman–Crippen MR) is 235 cm³/mol. The number of nitrogens with one attached hydrogen (secondary N) is 2. The normalized spacial score (nSPS) is 14.9. The smallest absolute Gasteiger partial charge is 0.355 e. The highest BCUT2D eigenvalue weighted by molar-refractivity contribution is 7.87. The largest absolute Gasteiger partial charge is 0.505 e. The summed E-state index contributed by atoms with van der Waals surface area (Å²) < 4.78 is 142. The summed E-state index contributed by atoms with van der Waals surface area (Å²) in [5.41, 5.74) is 3.84. The van der Waals surface area contributed by atoms with Crippen LogP contribution < -0.4 is 20.6 Å². The first kappa shape index (κ1) is 47.5. The third-order valence-electron chi connectivity index (χ3n) is 9.73. The van der Waals surface area contributed by atoms with Gasteiger partial charge in [-0.25, -0.2) is 4.79 Å². The molecule has 0 bridgehead atoms. The second-order valence-electron chi connectivity index (χ2n) is 14.0.